The van der Waals surface area contributed by atoms with Crippen molar-refractivity contribution in [3.05, 3.63) is 36.2 Å². The highest BCUT2D eigenvalue weighted by Gasteiger charge is 2.14. The number of piperazine rings is 1. The van der Waals surface area contributed by atoms with Crippen LogP contribution in [0.15, 0.2) is 41.3 Å². The second-order valence-electron chi connectivity index (χ2n) is 5.35. The Morgan fingerprint density at radius 1 is 1.29 bits per heavy atom. The summed E-state index contributed by atoms with van der Waals surface area (Å²) >= 11 is 0. The number of anilines is 2. The van der Waals surface area contributed by atoms with E-state index < -0.39 is 0 Å². The number of hydrogen-bond donors (Lipinski definition) is 1. The van der Waals surface area contributed by atoms with Crippen molar-refractivity contribution >= 4 is 18.1 Å². The molecule has 2 rings (SSSR count). The van der Waals surface area contributed by atoms with Crippen LogP contribution in [0, 0.1) is 0 Å². The van der Waals surface area contributed by atoms with Gasteiger partial charge in [-0.25, -0.2) is 5.01 Å². The molecule has 1 saturated heterocycles. The largest absolute Gasteiger partial charge is 0.401 e. The van der Waals surface area contributed by atoms with Gasteiger partial charge in [-0.3, -0.25) is 0 Å². The molecule has 1 heterocycles. The van der Waals surface area contributed by atoms with E-state index in [0.29, 0.717) is 0 Å². The van der Waals surface area contributed by atoms with Gasteiger partial charge in [0, 0.05) is 50.5 Å². The van der Waals surface area contributed by atoms with E-state index in [4.69, 9.17) is 5.73 Å². The highest BCUT2D eigenvalue weighted by atomic mass is 15.4. The van der Waals surface area contributed by atoms with Crippen LogP contribution in [0.25, 0.3) is 0 Å². The molecule has 0 aliphatic carbocycles. The van der Waals surface area contributed by atoms with Crippen LogP contribution in [0.4, 0.5) is 11.4 Å². The van der Waals surface area contributed by atoms with Crippen molar-refractivity contribution in [2.75, 3.05) is 43.1 Å². The highest BCUT2D eigenvalue weighted by molar-refractivity contribution is 5.58. The molecular weight excluding hydrogens is 262 g/mol. The summed E-state index contributed by atoms with van der Waals surface area (Å²) in [7, 11) is 2.17. The molecule has 114 valence electrons. The van der Waals surface area contributed by atoms with Gasteiger partial charge in [0.2, 0.25) is 0 Å². The van der Waals surface area contributed by atoms with Gasteiger partial charge in [0.15, 0.2) is 0 Å². The quantitative estimate of drug-likeness (QED) is 0.665. The molecule has 1 fully saturated rings. The number of rotatable bonds is 5. The van der Waals surface area contributed by atoms with E-state index in [0.717, 1.165) is 44.0 Å². The molecule has 0 aromatic heterocycles. The first kappa shape index (κ1) is 15.4. The van der Waals surface area contributed by atoms with E-state index in [9.17, 15) is 0 Å². The Kier molecular flexibility index (Phi) is 5.22. The maximum absolute atomic E-state index is 5.87. The standard InChI is InChI=1S/C16H25N5/c1-4-14(17)13-21(18-2)16-7-5-15(6-8-16)20-11-9-19(3)10-12-20/h5-8,13H,2,4,9-12,17H2,1,3H3/b14-13-. The first-order chi connectivity index (χ1) is 10.1. The molecule has 2 N–H and O–H groups in total. The van der Waals surface area contributed by atoms with Crippen LogP contribution in [0.3, 0.4) is 0 Å². The van der Waals surface area contributed by atoms with Gasteiger partial charge in [0.25, 0.3) is 0 Å². The first-order valence-electron chi connectivity index (χ1n) is 7.39. The monoisotopic (exact) mass is 287 g/mol. The SMILES string of the molecule is C=NN(/C=C(\N)CC)c1ccc(N2CCN(C)CC2)cc1. The van der Waals surface area contributed by atoms with Gasteiger partial charge in [0.05, 0.1) is 5.69 Å². The molecule has 0 radical (unpaired) electrons. The lowest BCUT2D eigenvalue weighted by atomic mass is 10.2. The summed E-state index contributed by atoms with van der Waals surface area (Å²) in [5, 5.41) is 5.72. The molecule has 5 heteroatoms. The highest BCUT2D eigenvalue weighted by Crippen LogP contribution is 2.22. The minimum absolute atomic E-state index is 0.783. The molecular formula is C16H25N5. The zero-order chi connectivity index (χ0) is 15.2. The van der Waals surface area contributed by atoms with Crippen LogP contribution >= 0.6 is 0 Å². The number of hydrogen-bond acceptors (Lipinski definition) is 5. The van der Waals surface area contributed by atoms with E-state index >= 15 is 0 Å². The average molecular weight is 287 g/mol. The van der Waals surface area contributed by atoms with Crippen molar-refractivity contribution in [1.29, 1.82) is 0 Å². The molecule has 1 aliphatic rings. The fourth-order valence-electron chi connectivity index (χ4n) is 2.33. The second-order valence-corrected chi connectivity index (χ2v) is 5.35. The lowest BCUT2D eigenvalue weighted by Gasteiger charge is -2.34. The van der Waals surface area contributed by atoms with Crippen molar-refractivity contribution in [3.8, 4) is 0 Å². The Balaban J connectivity index is 2.09. The molecule has 0 spiro atoms. The molecule has 1 aromatic carbocycles. The lowest BCUT2D eigenvalue weighted by Crippen LogP contribution is -2.44. The number of likely N-dealkylation sites (N-methyl/N-ethyl adjacent to an activating group) is 1. The van der Waals surface area contributed by atoms with Crippen molar-refractivity contribution in [2.45, 2.75) is 13.3 Å². The van der Waals surface area contributed by atoms with Gasteiger partial charge < -0.3 is 15.5 Å². The number of allylic oxidation sites excluding steroid dienone is 1. The van der Waals surface area contributed by atoms with E-state index in [-0.39, 0.29) is 0 Å². The van der Waals surface area contributed by atoms with E-state index in [2.05, 4.69) is 52.9 Å². The number of benzene rings is 1. The molecule has 1 aromatic rings. The topological polar surface area (TPSA) is 48.1 Å². The summed E-state index contributed by atoms with van der Waals surface area (Å²) < 4.78 is 0. The summed E-state index contributed by atoms with van der Waals surface area (Å²) in [4.78, 5) is 4.76. The fourth-order valence-corrected chi connectivity index (χ4v) is 2.33. The van der Waals surface area contributed by atoms with Crippen molar-refractivity contribution < 1.29 is 0 Å². The third-order valence-electron chi connectivity index (χ3n) is 3.83. The molecule has 0 bridgehead atoms. The Hall–Kier alpha value is -2.01. The van der Waals surface area contributed by atoms with Gasteiger partial charge in [-0.15, -0.1) is 0 Å². The Bertz CT molecular complexity index is 486. The predicted molar refractivity (Wildman–Crippen MR) is 90.7 cm³/mol. The summed E-state index contributed by atoms with van der Waals surface area (Å²) in [5.74, 6) is 0. The van der Waals surface area contributed by atoms with Crippen LogP contribution in [-0.4, -0.2) is 44.8 Å². The van der Waals surface area contributed by atoms with Crippen molar-refractivity contribution in [1.82, 2.24) is 4.90 Å². The molecule has 5 nitrogen and oxygen atoms in total. The van der Waals surface area contributed by atoms with Crippen LogP contribution in [-0.2, 0) is 0 Å². The third kappa shape index (κ3) is 3.98. The Morgan fingerprint density at radius 3 is 2.43 bits per heavy atom. The summed E-state index contributed by atoms with van der Waals surface area (Å²) in [6.07, 6.45) is 2.61. The number of nitrogens with two attached hydrogens (primary N) is 1. The average Bonchev–Trinajstić information content (AvgIpc) is 2.53. The van der Waals surface area contributed by atoms with Gasteiger partial charge in [-0.05, 0) is 37.7 Å². The van der Waals surface area contributed by atoms with E-state index in [1.165, 1.54) is 5.69 Å². The van der Waals surface area contributed by atoms with E-state index in [1.54, 1.807) is 5.01 Å². The van der Waals surface area contributed by atoms with Crippen molar-refractivity contribution in [2.24, 2.45) is 10.8 Å². The minimum Gasteiger partial charge on any atom is -0.401 e. The summed E-state index contributed by atoms with van der Waals surface area (Å²) in [5.41, 5.74) is 8.87. The Labute approximate surface area is 127 Å². The third-order valence-corrected chi connectivity index (χ3v) is 3.83. The normalized spacial score (nSPS) is 16.9. The molecule has 0 atom stereocenters. The smallest absolute Gasteiger partial charge is 0.0647 e. The fraction of sp³-hybridized carbons (Fsp3) is 0.438. The van der Waals surface area contributed by atoms with Crippen LogP contribution in [0.5, 0.6) is 0 Å². The van der Waals surface area contributed by atoms with Gasteiger partial charge in [-0.2, -0.15) is 5.10 Å². The molecule has 0 saturated carbocycles. The number of nitrogens with zero attached hydrogens (tertiary/aromatic N) is 4. The minimum atomic E-state index is 0.783. The number of hydrazone groups is 1. The van der Waals surface area contributed by atoms with Crippen LogP contribution in [0.2, 0.25) is 0 Å². The van der Waals surface area contributed by atoms with Gasteiger partial charge in [0.1, 0.15) is 0 Å². The summed E-state index contributed by atoms with van der Waals surface area (Å²) in [6, 6.07) is 8.38. The lowest BCUT2D eigenvalue weighted by molar-refractivity contribution is 0.313. The van der Waals surface area contributed by atoms with Crippen molar-refractivity contribution in [3.63, 3.8) is 0 Å². The van der Waals surface area contributed by atoms with Crippen LogP contribution < -0.4 is 15.6 Å². The first-order valence-corrected chi connectivity index (χ1v) is 7.39. The van der Waals surface area contributed by atoms with Gasteiger partial charge in [-0.1, -0.05) is 6.92 Å². The molecule has 21 heavy (non-hydrogen) atoms. The molecule has 0 amide bonds. The maximum atomic E-state index is 5.87. The summed E-state index contributed by atoms with van der Waals surface area (Å²) in [6.45, 7) is 9.98. The maximum Gasteiger partial charge on any atom is 0.0647 e. The molecule has 1 aliphatic heterocycles. The predicted octanol–water partition coefficient (Wildman–Crippen LogP) is 2.07. The second kappa shape index (κ2) is 7.13. The van der Waals surface area contributed by atoms with E-state index in [1.807, 2.05) is 13.1 Å². The van der Waals surface area contributed by atoms with Gasteiger partial charge >= 0.3 is 0 Å². The zero-order valence-electron chi connectivity index (χ0n) is 13.0. The zero-order valence-corrected chi connectivity index (χ0v) is 13.0. The molecule has 0 unspecified atom stereocenters. The Morgan fingerprint density at radius 2 is 1.90 bits per heavy atom. The van der Waals surface area contributed by atoms with Crippen LogP contribution in [0.1, 0.15) is 13.3 Å².